The third-order valence-electron chi connectivity index (χ3n) is 3.35. The van der Waals surface area contributed by atoms with Crippen LogP contribution in [0.4, 0.5) is 0 Å². The summed E-state index contributed by atoms with van der Waals surface area (Å²) in [7, 11) is 0. The Bertz CT molecular complexity index is 201. The number of ether oxygens (including phenoxy) is 1. The molecule has 4 nitrogen and oxygen atoms in total. The predicted octanol–water partition coefficient (Wildman–Crippen LogP) is 2.12. The SMILES string of the molecule is CCCN(CC)CCNCC(O)COCCCC(C)C. The van der Waals surface area contributed by atoms with E-state index in [0.717, 1.165) is 45.1 Å². The molecule has 0 spiro atoms. The van der Waals surface area contributed by atoms with Crippen LogP contribution in [0.25, 0.3) is 0 Å². The van der Waals surface area contributed by atoms with Gasteiger partial charge in [-0.25, -0.2) is 0 Å². The van der Waals surface area contributed by atoms with Crippen molar-refractivity contribution in [1.29, 1.82) is 0 Å². The van der Waals surface area contributed by atoms with E-state index in [0.29, 0.717) is 13.2 Å². The van der Waals surface area contributed by atoms with E-state index < -0.39 is 6.10 Å². The molecule has 0 aliphatic rings. The van der Waals surface area contributed by atoms with Crippen LogP contribution in [0.15, 0.2) is 0 Å². The molecular formula is C16H36N2O2. The monoisotopic (exact) mass is 288 g/mol. The minimum atomic E-state index is -0.393. The molecule has 0 aromatic carbocycles. The van der Waals surface area contributed by atoms with Crippen molar-refractivity contribution in [3.63, 3.8) is 0 Å². The van der Waals surface area contributed by atoms with Crippen molar-refractivity contribution in [2.75, 3.05) is 45.9 Å². The molecule has 0 aromatic rings. The quantitative estimate of drug-likeness (QED) is 0.481. The fourth-order valence-corrected chi connectivity index (χ4v) is 2.12. The molecular weight excluding hydrogens is 252 g/mol. The Morgan fingerprint density at radius 3 is 2.55 bits per heavy atom. The summed E-state index contributed by atoms with van der Waals surface area (Å²) in [5, 5.41) is 13.1. The van der Waals surface area contributed by atoms with Gasteiger partial charge in [0.05, 0.1) is 12.7 Å². The highest BCUT2D eigenvalue weighted by Gasteiger charge is 2.05. The molecule has 0 aliphatic carbocycles. The van der Waals surface area contributed by atoms with E-state index in [-0.39, 0.29) is 0 Å². The van der Waals surface area contributed by atoms with E-state index >= 15 is 0 Å². The molecule has 0 bridgehead atoms. The minimum Gasteiger partial charge on any atom is -0.389 e. The zero-order valence-corrected chi connectivity index (χ0v) is 14.0. The highest BCUT2D eigenvalue weighted by atomic mass is 16.5. The lowest BCUT2D eigenvalue weighted by Crippen LogP contribution is -2.37. The molecule has 4 heteroatoms. The summed E-state index contributed by atoms with van der Waals surface area (Å²) in [6.45, 7) is 14.9. The van der Waals surface area contributed by atoms with Crippen molar-refractivity contribution in [2.24, 2.45) is 5.92 Å². The standard InChI is InChI=1S/C16H36N2O2/c1-5-10-18(6-2)11-9-17-13-16(19)14-20-12-7-8-15(3)4/h15-17,19H,5-14H2,1-4H3. The van der Waals surface area contributed by atoms with E-state index in [2.05, 4.69) is 37.9 Å². The summed E-state index contributed by atoms with van der Waals surface area (Å²) in [6.07, 6.45) is 3.08. The summed E-state index contributed by atoms with van der Waals surface area (Å²) in [6, 6.07) is 0. The van der Waals surface area contributed by atoms with Crippen molar-refractivity contribution in [1.82, 2.24) is 10.2 Å². The summed E-state index contributed by atoms with van der Waals surface area (Å²) >= 11 is 0. The maximum atomic E-state index is 9.78. The summed E-state index contributed by atoms with van der Waals surface area (Å²) in [5.74, 6) is 0.731. The lowest BCUT2D eigenvalue weighted by molar-refractivity contribution is 0.0346. The van der Waals surface area contributed by atoms with E-state index in [9.17, 15) is 5.11 Å². The first-order chi connectivity index (χ1) is 9.60. The van der Waals surface area contributed by atoms with Gasteiger partial charge in [0.15, 0.2) is 0 Å². The molecule has 0 radical (unpaired) electrons. The average molecular weight is 288 g/mol. The third kappa shape index (κ3) is 12.9. The van der Waals surface area contributed by atoms with Crippen molar-refractivity contribution in [3.8, 4) is 0 Å². The van der Waals surface area contributed by atoms with Crippen LogP contribution in [0.3, 0.4) is 0 Å². The van der Waals surface area contributed by atoms with Crippen molar-refractivity contribution < 1.29 is 9.84 Å². The van der Waals surface area contributed by atoms with Crippen LogP contribution in [0.1, 0.15) is 47.0 Å². The molecule has 0 aromatic heterocycles. The second-order valence-electron chi connectivity index (χ2n) is 5.90. The molecule has 2 N–H and O–H groups in total. The highest BCUT2D eigenvalue weighted by molar-refractivity contribution is 4.61. The van der Waals surface area contributed by atoms with Gasteiger partial charge in [-0.2, -0.15) is 0 Å². The second-order valence-corrected chi connectivity index (χ2v) is 5.90. The Morgan fingerprint density at radius 1 is 1.20 bits per heavy atom. The fraction of sp³-hybridized carbons (Fsp3) is 1.00. The number of nitrogens with zero attached hydrogens (tertiary/aromatic N) is 1. The van der Waals surface area contributed by atoms with Crippen LogP contribution in [0.2, 0.25) is 0 Å². The van der Waals surface area contributed by atoms with Gasteiger partial charge >= 0.3 is 0 Å². The molecule has 1 unspecified atom stereocenters. The number of aliphatic hydroxyl groups is 1. The zero-order chi connectivity index (χ0) is 15.2. The normalized spacial score (nSPS) is 13.3. The van der Waals surface area contributed by atoms with Gasteiger partial charge in [-0.1, -0.05) is 27.7 Å². The average Bonchev–Trinajstić information content (AvgIpc) is 2.41. The smallest absolute Gasteiger partial charge is 0.0897 e. The molecule has 0 heterocycles. The molecule has 0 rings (SSSR count). The van der Waals surface area contributed by atoms with Gasteiger partial charge in [0.2, 0.25) is 0 Å². The van der Waals surface area contributed by atoms with Crippen LogP contribution >= 0.6 is 0 Å². The molecule has 0 fully saturated rings. The van der Waals surface area contributed by atoms with Gasteiger partial charge in [0.25, 0.3) is 0 Å². The van der Waals surface area contributed by atoms with Gasteiger partial charge in [-0.15, -0.1) is 0 Å². The Morgan fingerprint density at radius 2 is 1.95 bits per heavy atom. The van der Waals surface area contributed by atoms with Crippen molar-refractivity contribution in [3.05, 3.63) is 0 Å². The maximum absolute atomic E-state index is 9.78. The third-order valence-corrected chi connectivity index (χ3v) is 3.35. The van der Waals surface area contributed by atoms with E-state index in [1.54, 1.807) is 0 Å². The van der Waals surface area contributed by atoms with Crippen LogP contribution in [-0.4, -0.2) is 62.0 Å². The summed E-state index contributed by atoms with van der Waals surface area (Å²) in [5.41, 5.74) is 0. The van der Waals surface area contributed by atoms with Gasteiger partial charge in [-0.3, -0.25) is 0 Å². The van der Waals surface area contributed by atoms with E-state index in [4.69, 9.17) is 4.74 Å². The largest absolute Gasteiger partial charge is 0.389 e. The highest BCUT2D eigenvalue weighted by Crippen LogP contribution is 2.03. The molecule has 20 heavy (non-hydrogen) atoms. The van der Waals surface area contributed by atoms with E-state index in [1.807, 2.05) is 0 Å². The number of hydrogen-bond donors (Lipinski definition) is 2. The number of aliphatic hydroxyl groups excluding tert-OH is 1. The molecule has 1 atom stereocenters. The van der Waals surface area contributed by atoms with Crippen LogP contribution < -0.4 is 5.32 Å². The molecule has 122 valence electrons. The number of rotatable bonds is 14. The first-order valence-corrected chi connectivity index (χ1v) is 8.28. The molecule has 0 saturated heterocycles. The Balaban J connectivity index is 3.37. The Hall–Kier alpha value is -0.160. The second kappa shape index (κ2) is 13.8. The lowest BCUT2D eigenvalue weighted by Gasteiger charge is -2.20. The van der Waals surface area contributed by atoms with E-state index in [1.165, 1.54) is 12.8 Å². The zero-order valence-electron chi connectivity index (χ0n) is 14.0. The predicted molar refractivity (Wildman–Crippen MR) is 86.2 cm³/mol. The van der Waals surface area contributed by atoms with Crippen LogP contribution in [0, 0.1) is 5.92 Å². The Kier molecular flexibility index (Phi) is 13.7. The number of nitrogens with one attached hydrogen (secondary N) is 1. The summed E-state index contributed by atoms with van der Waals surface area (Å²) in [4.78, 5) is 2.42. The van der Waals surface area contributed by atoms with Crippen molar-refractivity contribution >= 4 is 0 Å². The number of hydrogen-bond acceptors (Lipinski definition) is 4. The van der Waals surface area contributed by atoms with Crippen LogP contribution in [-0.2, 0) is 4.74 Å². The van der Waals surface area contributed by atoms with Gasteiger partial charge in [0, 0.05) is 26.2 Å². The van der Waals surface area contributed by atoms with Crippen LogP contribution in [0.5, 0.6) is 0 Å². The van der Waals surface area contributed by atoms with Crippen molar-refractivity contribution in [2.45, 2.75) is 53.1 Å². The Labute approximate surface area is 125 Å². The molecule has 0 aliphatic heterocycles. The lowest BCUT2D eigenvalue weighted by atomic mass is 10.1. The summed E-state index contributed by atoms with van der Waals surface area (Å²) < 4.78 is 5.48. The number of likely N-dealkylation sites (N-methyl/N-ethyl adjacent to an activating group) is 1. The first-order valence-electron chi connectivity index (χ1n) is 8.28. The molecule has 0 amide bonds. The molecule has 0 saturated carbocycles. The first kappa shape index (κ1) is 19.8. The minimum absolute atomic E-state index is 0.393. The van der Waals surface area contributed by atoms with Gasteiger partial charge in [-0.05, 0) is 38.3 Å². The topological polar surface area (TPSA) is 44.7 Å². The van der Waals surface area contributed by atoms with Gasteiger partial charge < -0.3 is 20.1 Å². The maximum Gasteiger partial charge on any atom is 0.0897 e. The fourth-order valence-electron chi connectivity index (χ4n) is 2.12. The van der Waals surface area contributed by atoms with Gasteiger partial charge in [0.1, 0.15) is 0 Å².